The highest BCUT2D eigenvalue weighted by Crippen LogP contribution is 2.30. The number of amides is 1. The molecule has 0 saturated carbocycles. The number of unbranched alkanes of at least 4 members (excludes halogenated alkanes) is 3. The van der Waals surface area contributed by atoms with Crippen molar-refractivity contribution < 1.29 is 4.79 Å². The fourth-order valence-electron chi connectivity index (χ4n) is 3.37. The minimum Gasteiger partial charge on any atom is -0.298 e. The van der Waals surface area contributed by atoms with Crippen LogP contribution in [0.1, 0.15) is 44.3 Å². The number of pyridine rings is 1. The molecule has 2 aliphatic heterocycles. The summed E-state index contributed by atoms with van der Waals surface area (Å²) in [7, 11) is 0. The van der Waals surface area contributed by atoms with Crippen molar-refractivity contribution in [1.29, 1.82) is 0 Å². The van der Waals surface area contributed by atoms with Gasteiger partial charge in [-0.1, -0.05) is 53.9 Å². The van der Waals surface area contributed by atoms with Crippen molar-refractivity contribution in [2.24, 2.45) is 10.1 Å². The summed E-state index contributed by atoms with van der Waals surface area (Å²) >= 11 is 5.09. The van der Waals surface area contributed by atoms with Crippen molar-refractivity contribution in [1.82, 2.24) is 15.3 Å². The quantitative estimate of drug-likeness (QED) is 0.656. The maximum Gasteiger partial charge on any atom is 0.276 e. The fraction of sp³-hybridized carbons (Fsp3) is 0.333. The van der Waals surface area contributed by atoms with E-state index in [-0.39, 0.29) is 5.91 Å². The highest BCUT2D eigenvalue weighted by Gasteiger charge is 2.34. The Morgan fingerprint density at radius 1 is 1.17 bits per heavy atom. The van der Waals surface area contributed by atoms with E-state index in [1.807, 2.05) is 30.3 Å². The first-order chi connectivity index (χ1) is 14.2. The largest absolute Gasteiger partial charge is 0.298 e. The van der Waals surface area contributed by atoms with Gasteiger partial charge in [0.15, 0.2) is 11.3 Å². The third-order valence-electron chi connectivity index (χ3n) is 4.81. The monoisotopic (exact) mass is 471 g/mol. The van der Waals surface area contributed by atoms with Gasteiger partial charge in [-0.25, -0.2) is 5.01 Å². The van der Waals surface area contributed by atoms with Crippen molar-refractivity contribution in [3.63, 3.8) is 0 Å². The summed E-state index contributed by atoms with van der Waals surface area (Å²) in [5.41, 5.74) is 1.46. The molecule has 1 N–H and O–H groups in total. The number of rotatable bonds is 6. The molecule has 2 aliphatic rings. The number of hydrazone groups is 1. The van der Waals surface area contributed by atoms with Crippen LogP contribution in [0.15, 0.2) is 57.3 Å². The van der Waals surface area contributed by atoms with E-state index >= 15 is 0 Å². The summed E-state index contributed by atoms with van der Waals surface area (Å²) < 4.78 is 0.897. The lowest BCUT2D eigenvalue weighted by Crippen LogP contribution is -2.50. The number of halogens is 1. The van der Waals surface area contributed by atoms with E-state index < -0.39 is 6.17 Å². The molecule has 0 spiro atoms. The number of carbonyl (C=O) groups is 1. The van der Waals surface area contributed by atoms with Crippen LogP contribution < -0.4 is 15.9 Å². The van der Waals surface area contributed by atoms with E-state index in [0.29, 0.717) is 10.9 Å². The molecule has 1 amide bonds. The molecule has 1 atom stereocenters. The third kappa shape index (κ3) is 4.38. The molecule has 4 rings (SSSR count). The predicted octanol–water partition coefficient (Wildman–Crippen LogP) is 3.30. The topological polar surface area (TPSA) is 70.0 Å². The molecule has 0 saturated heterocycles. The fourth-order valence-corrected chi connectivity index (χ4v) is 4.58. The maximum absolute atomic E-state index is 13.1. The number of aromatic nitrogens is 1. The Balaban J connectivity index is 1.72. The van der Waals surface area contributed by atoms with Gasteiger partial charge in [-0.3, -0.25) is 20.1 Å². The molecular weight excluding hydrogens is 450 g/mol. The van der Waals surface area contributed by atoms with Crippen LogP contribution in [-0.4, -0.2) is 26.8 Å². The van der Waals surface area contributed by atoms with Gasteiger partial charge in [-0.2, -0.15) is 0 Å². The first kappa shape index (κ1) is 20.1. The van der Waals surface area contributed by atoms with Crippen molar-refractivity contribution in [2.45, 2.75) is 38.8 Å². The van der Waals surface area contributed by atoms with E-state index in [0.717, 1.165) is 32.8 Å². The molecule has 6 nitrogen and oxygen atoms in total. The van der Waals surface area contributed by atoms with Crippen molar-refractivity contribution in [3.8, 4) is 0 Å². The Labute approximate surface area is 182 Å². The van der Waals surface area contributed by atoms with Gasteiger partial charge in [0, 0.05) is 33.4 Å². The Kier molecular flexibility index (Phi) is 6.30. The van der Waals surface area contributed by atoms with Gasteiger partial charge in [0.1, 0.15) is 5.70 Å². The molecule has 0 fully saturated rings. The Morgan fingerprint density at radius 3 is 2.79 bits per heavy atom. The lowest BCUT2D eigenvalue weighted by atomic mass is 10.1. The second-order valence-electron chi connectivity index (χ2n) is 6.91. The van der Waals surface area contributed by atoms with Crippen molar-refractivity contribution in [3.05, 3.63) is 63.3 Å². The molecular formula is C21H22BrN5OS. The summed E-state index contributed by atoms with van der Waals surface area (Å²) in [4.78, 5) is 22.1. The van der Waals surface area contributed by atoms with Gasteiger partial charge in [0.25, 0.3) is 5.91 Å². The predicted molar refractivity (Wildman–Crippen MR) is 119 cm³/mol. The zero-order chi connectivity index (χ0) is 20.2. The van der Waals surface area contributed by atoms with E-state index in [2.05, 4.69) is 33.2 Å². The molecule has 150 valence electrons. The van der Waals surface area contributed by atoms with Gasteiger partial charge in [0.2, 0.25) is 0 Å². The third-order valence-corrected chi connectivity index (χ3v) is 6.25. The maximum atomic E-state index is 13.1. The summed E-state index contributed by atoms with van der Waals surface area (Å²) in [6.07, 6.45) is 7.82. The van der Waals surface area contributed by atoms with Crippen LogP contribution in [0.25, 0.3) is 5.70 Å². The zero-order valence-electron chi connectivity index (χ0n) is 16.1. The van der Waals surface area contributed by atoms with E-state index in [1.54, 1.807) is 29.2 Å². The summed E-state index contributed by atoms with van der Waals surface area (Å²) in [6, 6.07) is 9.60. The van der Waals surface area contributed by atoms with E-state index in [9.17, 15) is 4.79 Å². The normalized spacial score (nSPS) is 17.8. The molecule has 3 heterocycles. The lowest BCUT2D eigenvalue weighted by molar-refractivity contribution is -0.116. The van der Waals surface area contributed by atoms with E-state index in [1.165, 1.54) is 19.3 Å². The molecule has 0 aliphatic carbocycles. The minimum atomic E-state index is -0.400. The lowest BCUT2D eigenvalue weighted by Gasteiger charge is -2.34. The number of nitrogens with zero attached hydrogens (tertiary/aromatic N) is 4. The SMILES string of the molecule is CCCCCCSC1=NN2C(=c3cc(Br)ccc3=N[C@H]2c2ccncc2)C(=O)N1. The van der Waals surface area contributed by atoms with Gasteiger partial charge in [0.05, 0.1) is 5.36 Å². The number of hydrogen-bond acceptors (Lipinski definition) is 6. The molecule has 1 aromatic carbocycles. The first-order valence-corrected chi connectivity index (χ1v) is 11.5. The first-order valence-electron chi connectivity index (χ1n) is 9.77. The van der Waals surface area contributed by atoms with Crippen molar-refractivity contribution >= 4 is 44.5 Å². The minimum absolute atomic E-state index is 0.149. The van der Waals surface area contributed by atoms with Gasteiger partial charge >= 0.3 is 0 Å². The summed E-state index contributed by atoms with van der Waals surface area (Å²) in [5.74, 6) is 0.783. The Bertz CT molecular complexity index is 1060. The van der Waals surface area contributed by atoms with Gasteiger partial charge < -0.3 is 0 Å². The van der Waals surface area contributed by atoms with Crippen LogP contribution in [-0.2, 0) is 4.79 Å². The second kappa shape index (κ2) is 9.09. The molecule has 29 heavy (non-hydrogen) atoms. The van der Waals surface area contributed by atoms with Gasteiger partial charge in [-0.05, 0) is 36.8 Å². The van der Waals surface area contributed by atoms with Crippen LogP contribution in [0.3, 0.4) is 0 Å². The molecule has 0 bridgehead atoms. The van der Waals surface area contributed by atoms with Gasteiger partial charge in [-0.15, -0.1) is 5.10 Å². The Hall–Kier alpha value is -2.19. The van der Waals surface area contributed by atoms with E-state index in [4.69, 9.17) is 10.1 Å². The van der Waals surface area contributed by atoms with Crippen LogP contribution in [0.4, 0.5) is 0 Å². The molecule has 8 heteroatoms. The van der Waals surface area contributed by atoms with Crippen molar-refractivity contribution in [2.75, 3.05) is 5.75 Å². The number of amidine groups is 1. The standard InChI is InChI=1S/C21H22BrN5OS/c1-2-3-4-5-12-29-21-25-20(28)18-16-13-15(22)6-7-17(16)24-19(27(18)26-21)14-8-10-23-11-9-14/h6-11,13,19H,2-5,12H2,1H3,(H,25,26,28)/t19-/m1/s1. The molecule has 2 aromatic rings. The summed E-state index contributed by atoms with van der Waals surface area (Å²) in [5, 5.41) is 11.7. The number of fused-ring (bicyclic) bond motifs is 2. The molecule has 0 radical (unpaired) electrons. The van der Waals surface area contributed by atoms with Crippen LogP contribution in [0.5, 0.6) is 0 Å². The number of benzene rings is 1. The smallest absolute Gasteiger partial charge is 0.276 e. The zero-order valence-corrected chi connectivity index (χ0v) is 18.5. The highest BCUT2D eigenvalue weighted by atomic mass is 79.9. The highest BCUT2D eigenvalue weighted by molar-refractivity contribution is 9.10. The molecule has 0 unspecified atom stereocenters. The summed E-state index contributed by atoms with van der Waals surface area (Å²) in [6.45, 7) is 2.20. The van der Waals surface area contributed by atoms with Crippen LogP contribution in [0.2, 0.25) is 0 Å². The van der Waals surface area contributed by atoms with Crippen LogP contribution >= 0.6 is 27.7 Å². The number of hydrogen-bond donors (Lipinski definition) is 1. The molecule has 1 aromatic heterocycles. The second-order valence-corrected chi connectivity index (χ2v) is 8.91. The average molecular weight is 472 g/mol. The number of nitrogens with one attached hydrogen (secondary N) is 1. The Morgan fingerprint density at radius 2 is 2.00 bits per heavy atom. The number of carbonyl (C=O) groups excluding carboxylic acids is 1. The van der Waals surface area contributed by atoms with Crippen LogP contribution in [0, 0.1) is 0 Å². The average Bonchev–Trinajstić information content (AvgIpc) is 2.73. The number of thioether (sulfide) groups is 1.